The summed E-state index contributed by atoms with van der Waals surface area (Å²) in [6.45, 7) is 5.98. The Morgan fingerprint density at radius 3 is 2.40 bits per heavy atom. The van der Waals surface area contributed by atoms with Crippen LogP contribution in [0.1, 0.15) is 30.0 Å². The molecule has 0 atom stereocenters. The van der Waals surface area contributed by atoms with Gasteiger partial charge < -0.3 is 9.84 Å². The highest BCUT2D eigenvalue weighted by Crippen LogP contribution is 2.32. The van der Waals surface area contributed by atoms with E-state index in [-0.39, 0.29) is 13.2 Å². The van der Waals surface area contributed by atoms with E-state index >= 15 is 0 Å². The summed E-state index contributed by atoms with van der Waals surface area (Å²) in [5.41, 5.74) is 7.93. The molecule has 0 spiro atoms. The third kappa shape index (κ3) is 5.25. The van der Waals surface area contributed by atoms with Crippen molar-refractivity contribution in [3.8, 4) is 22.3 Å². The van der Waals surface area contributed by atoms with E-state index < -0.39 is 5.97 Å². The second kappa shape index (κ2) is 10.6. The molecule has 3 rings (SSSR count). The lowest BCUT2D eigenvalue weighted by molar-refractivity contribution is -0.138. The zero-order chi connectivity index (χ0) is 21.3. The minimum Gasteiger partial charge on any atom is -0.458 e. The first-order valence-corrected chi connectivity index (χ1v) is 10.4. The Balaban J connectivity index is 2.01. The Morgan fingerprint density at radius 2 is 1.70 bits per heavy atom. The average Bonchev–Trinajstić information content (AvgIpc) is 2.81. The molecule has 3 aromatic rings. The number of aliphatic hydroxyl groups is 1. The Hall–Kier alpha value is -3.17. The summed E-state index contributed by atoms with van der Waals surface area (Å²) in [5, 5.41) is 9.15. The lowest BCUT2D eigenvalue weighted by Crippen LogP contribution is -2.03. The summed E-state index contributed by atoms with van der Waals surface area (Å²) in [6.07, 6.45) is 3.57. The van der Waals surface area contributed by atoms with Crippen molar-refractivity contribution in [1.29, 1.82) is 0 Å². The summed E-state index contributed by atoms with van der Waals surface area (Å²) in [7, 11) is 0. The van der Waals surface area contributed by atoms with Crippen molar-refractivity contribution in [1.82, 2.24) is 0 Å². The van der Waals surface area contributed by atoms with Gasteiger partial charge >= 0.3 is 5.97 Å². The van der Waals surface area contributed by atoms with Crippen molar-refractivity contribution in [2.45, 2.75) is 32.8 Å². The molecular formula is C27H28O3. The van der Waals surface area contributed by atoms with Gasteiger partial charge in [-0.05, 0) is 58.2 Å². The zero-order valence-corrected chi connectivity index (χ0v) is 17.4. The molecule has 0 aliphatic heterocycles. The number of aliphatic hydroxyl groups excluding tert-OH is 1. The summed E-state index contributed by atoms with van der Waals surface area (Å²) >= 11 is 0. The molecule has 1 N–H and O–H groups in total. The molecule has 3 nitrogen and oxygen atoms in total. The van der Waals surface area contributed by atoms with Gasteiger partial charge in [-0.3, -0.25) is 0 Å². The molecule has 0 bridgehead atoms. The standard InChI is InChI=1S/C27H28O3/c1-3-21-18-23(22-10-6-5-7-11-22)13-15-25(21)26-14-12-20(9-8-16-28)17-24(26)19-30-27(29)4-2/h4-7,10-15,17-18,28H,2-3,8-9,16,19H2,1H3. The first kappa shape index (κ1) is 21.5. The molecule has 154 valence electrons. The molecule has 0 unspecified atom stereocenters. The summed E-state index contributed by atoms with van der Waals surface area (Å²) in [6, 6.07) is 23.2. The maximum atomic E-state index is 11.6. The van der Waals surface area contributed by atoms with Crippen molar-refractivity contribution in [3.05, 3.63) is 96.1 Å². The molecular weight excluding hydrogens is 372 g/mol. The molecule has 0 aliphatic carbocycles. The van der Waals surface area contributed by atoms with Gasteiger partial charge in [0.1, 0.15) is 6.61 Å². The van der Waals surface area contributed by atoms with Gasteiger partial charge in [-0.2, -0.15) is 0 Å². The Labute approximate surface area is 178 Å². The lowest BCUT2D eigenvalue weighted by atomic mass is 9.90. The van der Waals surface area contributed by atoms with E-state index in [2.05, 4.69) is 62.0 Å². The minimum absolute atomic E-state index is 0.156. The van der Waals surface area contributed by atoms with Gasteiger partial charge in [-0.25, -0.2) is 4.79 Å². The molecule has 0 radical (unpaired) electrons. The van der Waals surface area contributed by atoms with Gasteiger partial charge in [0.15, 0.2) is 0 Å². The number of carbonyl (C=O) groups excluding carboxylic acids is 1. The van der Waals surface area contributed by atoms with Crippen LogP contribution in [0.15, 0.2) is 79.4 Å². The normalized spacial score (nSPS) is 10.6. The number of carbonyl (C=O) groups is 1. The van der Waals surface area contributed by atoms with Crippen LogP contribution in [-0.2, 0) is 29.0 Å². The fraction of sp³-hybridized carbons (Fsp3) is 0.222. The Kier molecular flexibility index (Phi) is 7.58. The van der Waals surface area contributed by atoms with Crippen LogP contribution < -0.4 is 0 Å². The largest absolute Gasteiger partial charge is 0.458 e. The van der Waals surface area contributed by atoms with Crippen molar-refractivity contribution < 1.29 is 14.6 Å². The van der Waals surface area contributed by atoms with Crippen LogP contribution in [0.4, 0.5) is 0 Å². The van der Waals surface area contributed by atoms with Crippen LogP contribution in [0.25, 0.3) is 22.3 Å². The maximum absolute atomic E-state index is 11.6. The number of ether oxygens (including phenoxy) is 1. The van der Waals surface area contributed by atoms with Crippen molar-refractivity contribution >= 4 is 5.97 Å². The second-order valence-corrected chi connectivity index (χ2v) is 7.22. The number of hydrogen-bond acceptors (Lipinski definition) is 3. The van der Waals surface area contributed by atoms with Crippen LogP contribution in [-0.4, -0.2) is 17.7 Å². The molecule has 0 aliphatic rings. The van der Waals surface area contributed by atoms with Gasteiger partial charge in [-0.15, -0.1) is 0 Å². The fourth-order valence-electron chi connectivity index (χ4n) is 3.63. The molecule has 0 fully saturated rings. The fourth-order valence-corrected chi connectivity index (χ4v) is 3.63. The van der Waals surface area contributed by atoms with Gasteiger partial charge in [0.05, 0.1) is 0 Å². The SMILES string of the molecule is C=CC(=O)OCc1cc(CCCO)ccc1-c1ccc(-c2ccccc2)cc1CC. The molecule has 0 aromatic heterocycles. The van der Waals surface area contributed by atoms with Crippen LogP contribution in [0, 0.1) is 0 Å². The quantitative estimate of drug-likeness (QED) is 0.368. The number of esters is 1. The zero-order valence-electron chi connectivity index (χ0n) is 17.4. The van der Waals surface area contributed by atoms with E-state index in [0.717, 1.165) is 35.1 Å². The van der Waals surface area contributed by atoms with Crippen molar-refractivity contribution in [3.63, 3.8) is 0 Å². The van der Waals surface area contributed by atoms with Gasteiger partial charge in [0.2, 0.25) is 0 Å². The summed E-state index contributed by atoms with van der Waals surface area (Å²) < 4.78 is 5.36. The minimum atomic E-state index is -0.433. The number of benzene rings is 3. The first-order valence-electron chi connectivity index (χ1n) is 10.4. The van der Waals surface area contributed by atoms with E-state index in [9.17, 15) is 4.79 Å². The van der Waals surface area contributed by atoms with E-state index in [4.69, 9.17) is 9.84 Å². The molecule has 0 heterocycles. The molecule has 0 saturated carbocycles. The van der Waals surface area contributed by atoms with Crippen LogP contribution in [0.2, 0.25) is 0 Å². The third-order valence-electron chi connectivity index (χ3n) is 5.21. The van der Waals surface area contributed by atoms with E-state index in [1.807, 2.05) is 18.2 Å². The highest BCUT2D eigenvalue weighted by molar-refractivity contribution is 5.81. The monoisotopic (exact) mass is 400 g/mol. The predicted octanol–water partition coefficient (Wildman–Crippen LogP) is 5.74. The Bertz CT molecular complexity index is 1010. The van der Waals surface area contributed by atoms with E-state index in [1.54, 1.807) is 0 Å². The first-order chi connectivity index (χ1) is 14.7. The highest BCUT2D eigenvalue weighted by Gasteiger charge is 2.13. The van der Waals surface area contributed by atoms with Crippen LogP contribution in [0.3, 0.4) is 0 Å². The average molecular weight is 401 g/mol. The lowest BCUT2D eigenvalue weighted by Gasteiger charge is -2.16. The van der Waals surface area contributed by atoms with Crippen LogP contribution in [0.5, 0.6) is 0 Å². The highest BCUT2D eigenvalue weighted by atomic mass is 16.5. The molecule has 0 saturated heterocycles. The summed E-state index contributed by atoms with van der Waals surface area (Å²) in [4.78, 5) is 11.6. The smallest absolute Gasteiger partial charge is 0.330 e. The number of aryl methyl sites for hydroxylation is 2. The second-order valence-electron chi connectivity index (χ2n) is 7.22. The molecule has 3 aromatic carbocycles. The van der Waals surface area contributed by atoms with E-state index in [1.165, 1.54) is 22.8 Å². The molecule has 0 amide bonds. The van der Waals surface area contributed by atoms with Crippen molar-refractivity contribution in [2.24, 2.45) is 0 Å². The Morgan fingerprint density at radius 1 is 0.967 bits per heavy atom. The van der Waals surface area contributed by atoms with Crippen LogP contribution >= 0.6 is 0 Å². The van der Waals surface area contributed by atoms with Gasteiger partial charge in [-0.1, -0.05) is 80.2 Å². The van der Waals surface area contributed by atoms with Crippen molar-refractivity contribution in [2.75, 3.05) is 6.61 Å². The molecule has 3 heteroatoms. The molecule has 30 heavy (non-hydrogen) atoms. The van der Waals surface area contributed by atoms with Gasteiger partial charge in [0.25, 0.3) is 0 Å². The predicted molar refractivity (Wildman–Crippen MR) is 122 cm³/mol. The topological polar surface area (TPSA) is 46.5 Å². The maximum Gasteiger partial charge on any atom is 0.330 e. The van der Waals surface area contributed by atoms with E-state index in [0.29, 0.717) is 6.42 Å². The van der Waals surface area contributed by atoms with Gasteiger partial charge in [0, 0.05) is 12.7 Å². The summed E-state index contributed by atoms with van der Waals surface area (Å²) in [5.74, 6) is -0.433. The number of hydrogen-bond donors (Lipinski definition) is 1. The number of rotatable bonds is 9. The third-order valence-corrected chi connectivity index (χ3v) is 5.21.